The van der Waals surface area contributed by atoms with Gasteiger partial charge in [0.05, 0.1) is 47.8 Å². The molecular formula is C45H48F2N8O5. The smallest absolute Gasteiger partial charge is 0.262 e. The number of nitrogens with one attached hydrogen (secondary N) is 2. The number of amides is 5. The standard InChI is InChI=1S/C45H48F2N8O5/c1-26-18-31-30-4-2-3-5-34(30)49-40(31)41(54(26)24-37(46)47)35-7-6-29(21-48-35)52-16-12-45(13-17-52)10-14-51(15-11-45)25-39(57)53-22-27-19-32-33(20-28(27)23-53)44(60)55(43(32)59)36-8-9-38(56)50-42(36)58/h2-7,19-21,26,36-37,41,49H,8-18,22-25H2,1H3,(H,50,56,58)/t26-,36?,41-/m1/s1. The quantitative estimate of drug-likeness (QED) is 0.252. The molecule has 1 spiro atoms. The van der Waals surface area contributed by atoms with Crippen molar-refractivity contribution < 1.29 is 32.8 Å². The molecule has 3 atom stereocenters. The second-order valence-electron chi connectivity index (χ2n) is 17.7. The largest absolute Gasteiger partial charge is 0.370 e. The number of likely N-dealkylation sites (tertiary alicyclic amines) is 1. The fraction of sp³-hybridized carbons (Fsp3) is 0.467. The monoisotopic (exact) mass is 818 g/mol. The number of alkyl halides is 2. The number of pyridine rings is 1. The molecule has 0 bridgehead atoms. The molecule has 4 aromatic rings. The van der Waals surface area contributed by atoms with Gasteiger partial charge >= 0.3 is 0 Å². The number of para-hydroxylation sites is 1. The van der Waals surface area contributed by atoms with E-state index in [0.717, 1.165) is 95.9 Å². The van der Waals surface area contributed by atoms with Gasteiger partial charge in [0, 0.05) is 55.2 Å². The second-order valence-corrected chi connectivity index (χ2v) is 17.7. The van der Waals surface area contributed by atoms with Crippen LogP contribution in [-0.4, -0.2) is 117 Å². The fourth-order valence-corrected chi connectivity index (χ4v) is 10.8. The molecule has 0 radical (unpaired) electrons. The number of nitrogens with zero attached hydrogens (tertiary/aromatic N) is 6. The van der Waals surface area contributed by atoms with Crippen LogP contribution in [0.25, 0.3) is 10.9 Å². The summed E-state index contributed by atoms with van der Waals surface area (Å²) in [5, 5.41) is 3.36. The summed E-state index contributed by atoms with van der Waals surface area (Å²) in [6, 6.07) is 14.1. The number of halogens is 2. The summed E-state index contributed by atoms with van der Waals surface area (Å²) in [6.45, 7) is 6.18. The third-order valence-electron chi connectivity index (χ3n) is 14.2. The molecule has 3 fully saturated rings. The van der Waals surface area contributed by atoms with E-state index in [1.165, 1.54) is 5.56 Å². The number of piperidine rings is 3. The molecule has 312 valence electrons. The van der Waals surface area contributed by atoms with Crippen LogP contribution in [0.5, 0.6) is 0 Å². The summed E-state index contributed by atoms with van der Waals surface area (Å²) in [4.78, 5) is 82.0. The molecule has 2 N–H and O–H groups in total. The van der Waals surface area contributed by atoms with E-state index in [0.29, 0.717) is 26.1 Å². The van der Waals surface area contributed by atoms with Crippen molar-refractivity contribution in [3.8, 4) is 0 Å². The van der Waals surface area contributed by atoms with Gasteiger partial charge in [0.25, 0.3) is 18.2 Å². The van der Waals surface area contributed by atoms with Crippen LogP contribution in [0.2, 0.25) is 0 Å². The Morgan fingerprint density at radius 1 is 0.917 bits per heavy atom. The van der Waals surface area contributed by atoms with Crippen LogP contribution in [0.15, 0.2) is 54.7 Å². The number of rotatable bonds is 7. The van der Waals surface area contributed by atoms with E-state index in [4.69, 9.17) is 4.98 Å². The first-order chi connectivity index (χ1) is 28.9. The van der Waals surface area contributed by atoms with Gasteiger partial charge in [-0.2, -0.15) is 0 Å². The Morgan fingerprint density at radius 2 is 1.60 bits per heavy atom. The van der Waals surface area contributed by atoms with Gasteiger partial charge < -0.3 is 14.8 Å². The van der Waals surface area contributed by atoms with Crippen LogP contribution < -0.4 is 10.2 Å². The normalized spacial score (nSPS) is 24.4. The molecule has 13 nitrogen and oxygen atoms in total. The molecule has 1 unspecified atom stereocenters. The van der Waals surface area contributed by atoms with Crippen molar-refractivity contribution in [1.82, 2.24) is 34.9 Å². The first kappa shape index (κ1) is 38.6. The molecule has 0 aliphatic carbocycles. The zero-order valence-corrected chi connectivity index (χ0v) is 33.6. The average molecular weight is 819 g/mol. The maximum atomic E-state index is 13.9. The summed E-state index contributed by atoms with van der Waals surface area (Å²) in [6.07, 6.45) is 4.42. The van der Waals surface area contributed by atoms with Crippen molar-refractivity contribution in [3.05, 3.63) is 93.9 Å². The molecule has 8 heterocycles. The summed E-state index contributed by atoms with van der Waals surface area (Å²) in [7, 11) is 0. The molecule has 0 saturated carbocycles. The van der Waals surface area contributed by atoms with Gasteiger partial charge in [-0.3, -0.25) is 49.0 Å². The number of imide groups is 2. The summed E-state index contributed by atoms with van der Waals surface area (Å²) in [5.74, 6) is -2.14. The summed E-state index contributed by atoms with van der Waals surface area (Å²) >= 11 is 0. The van der Waals surface area contributed by atoms with Crippen molar-refractivity contribution in [3.63, 3.8) is 0 Å². The number of carbonyl (C=O) groups is 5. The third-order valence-corrected chi connectivity index (χ3v) is 14.2. The minimum absolute atomic E-state index is 0.0108. The molecular weight excluding hydrogens is 771 g/mol. The van der Waals surface area contributed by atoms with Crippen LogP contribution in [0.4, 0.5) is 14.5 Å². The second kappa shape index (κ2) is 14.9. The maximum absolute atomic E-state index is 13.9. The average Bonchev–Trinajstić information content (AvgIpc) is 3.90. The number of hydrogen-bond donors (Lipinski definition) is 2. The van der Waals surface area contributed by atoms with Crippen molar-refractivity contribution >= 4 is 46.1 Å². The van der Waals surface area contributed by atoms with Gasteiger partial charge in [0.15, 0.2) is 0 Å². The Morgan fingerprint density at radius 3 is 2.25 bits per heavy atom. The molecule has 2 aromatic carbocycles. The Kier molecular flexibility index (Phi) is 9.58. The van der Waals surface area contributed by atoms with Crippen molar-refractivity contribution in [2.75, 3.05) is 44.2 Å². The Labute approximate surface area is 346 Å². The molecule has 10 rings (SSSR count). The van der Waals surface area contributed by atoms with Crippen LogP contribution in [-0.2, 0) is 33.9 Å². The Balaban J connectivity index is 0.735. The van der Waals surface area contributed by atoms with Gasteiger partial charge in [-0.25, -0.2) is 8.78 Å². The van der Waals surface area contributed by atoms with Crippen LogP contribution >= 0.6 is 0 Å². The lowest BCUT2D eigenvalue weighted by molar-refractivity contribution is -0.136. The predicted molar refractivity (Wildman–Crippen MR) is 217 cm³/mol. The van der Waals surface area contributed by atoms with Crippen LogP contribution in [0.1, 0.15) is 100 Å². The fourth-order valence-electron chi connectivity index (χ4n) is 10.8. The van der Waals surface area contributed by atoms with Gasteiger partial charge in [0.2, 0.25) is 17.7 Å². The highest BCUT2D eigenvalue weighted by Gasteiger charge is 2.46. The number of aromatic amines is 1. The van der Waals surface area contributed by atoms with Gasteiger partial charge in [0.1, 0.15) is 6.04 Å². The van der Waals surface area contributed by atoms with Crippen LogP contribution in [0, 0.1) is 5.41 Å². The zero-order chi connectivity index (χ0) is 41.4. The van der Waals surface area contributed by atoms with E-state index in [1.807, 2.05) is 42.3 Å². The lowest BCUT2D eigenvalue weighted by Gasteiger charge is -2.47. The Hall–Kier alpha value is -5.54. The first-order valence-corrected chi connectivity index (χ1v) is 21.2. The van der Waals surface area contributed by atoms with Gasteiger partial charge in [-0.15, -0.1) is 0 Å². The highest BCUT2D eigenvalue weighted by molar-refractivity contribution is 6.23. The van der Waals surface area contributed by atoms with Crippen molar-refractivity contribution in [2.24, 2.45) is 5.41 Å². The SMILES string of the molecule is C[C@@H]1Cc2c([nH]c3ccccc23)[C@@H](c2ccc(N3CCC4(CCN(CC(=O)N5Cc6cc7c(cc6C5)C(=O)N(C5CCC(=O)NC5=O)C7=O)CC4)CC3)cn2)N1CC(F)F. The minimum Gasteiger partial charge on any atom is -0.370 e. The Bertz CT molecular complexity index is 2370. The lowest BCUT2D eigenvalue weighted by atomic mass is 9.71. The van der Waals surface area contributed by atoms with Gasteiger partial charge in [-0.1, -0.05) is 18.2 Å². The van der Waals surface area contributed by atoms with Crippen molar-refractivity contribution in [2.45, 2.75) is 89.5 Å². The van der Waals surface area contributed by atoms with E-state index in [-0.39, 0.29) is 47.9 Å². The molecule has 6 aliphatic heterocycles. The van der Waals surface area contributed by atoms with E-state index < -0.39 is 42.1 Å². The topological polar surface area (TPSA) is 142 Å². The van der Waals surface area contributed by atoms with E-state index in [1.54, 1.807) is 17.0 Å². The highest BCUT2D eigenvalue weighted by Crippen LogP contribution is 2.44. The molecule has 6 aliphatic rings. The number of anilines is 1. The maximum Gasteiger partial charge on any atom is 0.262 e. The number of fused-ring (bicyclic) bond motifs is 5. The predicted octanol–water partition coefficient (Wildman–Crippen LogP) is 4.79. The van der Waals surface area contributed by atoms with E-state index in [9.17, 15) is 32.8 Å². The van der Waals surface area contributed by atoms with Gasteiger partial charge in [-0.05, 0) is 111 Å². The number of hydrogen-bond acceptors (Lipinski definition) is 9. The number of carbonyl (C=O) groups excluding carboxylic acids is 5. The molecule has 60 heavy (non-hydrogen) atoms. The summed E-state index contributed by atoms with van der Waals surface area (Å²) in [5.41, 5.74) is 7.27. The third kappa shape index (κ3) is 6.66. The van der Waals surface area contributed by atoms with Crippen molar-refractivity contribution in [1.29, 1.82) is 0 Å². The van der Waals surface area contributed by atoms with Crippen LogP contribution in [0.3, 0.4) is 0 Å². The minimum atomic E-state index is -2.45. The number of benzene rings is 2. The highest BCUT2D eigenvalue weighted by atomic mass is 19.3. The number of aromatic nitrogens is 2. The lowest BCUT2D eigenvalue weighted by Crippen LogP contribution is -2.54. The van der Waals surface area contributed by atoms with E-state index in [2.05, 4.69) is 32.2 Å². The zero-order valence-electron chi connectivity index (χ0n) is 33.6. The number of H-pyrrole nitrogens is 1. The summed E-state index contributed by atoms with van der Waals surface area (Å²) < 4.78 is 27.8. The molecule has 5 amide bonds. The molecule has 15 heteroatoms. The first-order valence-electron chi connectivity index (χ1n) is 21.2. The van der Waals surface area contributed by atoms with E-state index >= 15 is 0 Å². The molecule has 3 saturated heterocycles. The molecule has 2 aromatic heterocycles.